The van der Waals surface area contributed by atoms with E-state index >= 15 is 0 Å². The molecule has 3 heterocycles. The molecule has 0 aliphatic carbocycles. The minimum Gasteiger partial charge on any atom is -0.467 e. The molecular weight excluding hydrogens is 400 g/mol. The molecule has 1 N–H and O–H groups in total. The maximum absolute atomic E-state index is 12.8. The third-order valence-corrected chi connectivity index (χ3v) is 4.70. The van der Waals surface area contributed by atoms with E-state index in [9.17, 15) is 9.59 Å². The molecule has 28 heavy (non-hydrogen) atoms. The Morgan fingerprint density at radius 1 is 1.11 bits per heavy atom. The zero-order valence-electron chi connectivity index (χ0n) is 14.3. The number of nitrogens with one attached hydrogen (secondary N) is 1. The van der Waals surface area contributed by atoms with Crippen molar-refractivity contribution in [2.75, 3.05) is 0 Å². The van der Waals surface area contributed by atoms with E-state index in [0.717, 1.165) is 5.56 Å². The van der Waals surface area contributed by atoms with Gasteiger partial charge in [0.05, 0.1) is 12.8 Å². The maximum Gasteiger partial charge on any atom is 0.266 e. The van der Waals surface area contributed by atoms with E-state index in [-0.39, 0.29) is 17.2 Å². The smallest absolute Gasteiger partial charge is 0.266 e. The van der Waals surface area contributed by atoms with Crippen LogP contribution in [0, 0.1) is 0 Å². The Labute approximate surface area is 170 Å². The van der Waals surface area contributed by atoms with Crippen molar-refractivity contribution in [2.45, 2.75) is 6.54 Å². The molecule has 0 unspecified atom stereocenters. The molecule has 1 saturated heterocycles. The van der Waals surface area contributed by atoms with Crippen LogP contribution in [0.3, 0.4) is 0 Å². The molecular formula is C20H13ClN2O4S. The van der Waals surface area contributed by atoms with Crippen LogP contribution in [0.15, 0.2) is 69.2 Å². The largest absolute Gasteiger partial charge is 0.467 e. The van der Waals surface area contributed by atoms with Crippen LogP contribution in [-0.2, 0) is 16.1 Å². The van der Waals surface area contributed by atoms with Gasteiger partial charge in [-0.2, -0.15) is 0 Å². The fourth-order valence-corrected chi connectivity index (χ4v) is 3.10. The molecule has 6 nitrogen and oxygen atoms in total. The van der Waals surface area contributed by atoms with Gasteiger partial charge in [-0.25, -0.2) is 0 Å². The van der Waals surface area contributed by atoms with Gasteiger partial charge in [0, 0.05) is 10.6 Å². The van der Waals surface area contributed by atoms with Gasteiger partial charge in [-0.05, 0) is 66.8 Å². The molecule has 0 radical (unpaired) electrons. The molecule has 1 aliphatic rings. The minimum absolute atomic E-state index is 0.0323. The third-order valence-electron chi connectivity index (χ3n) is 4.12. The molecule has 0 spiro atoms. The Bertz CT molecular complexity index is 1080. The highest BCUT2D eigenvalue weighted by atomic mass is 35.5. The first-order valence-corrected chi connectivity index (χ1v) is 9.07. The van der Waals surface area contributed by atoms with Crippen molar-refractivity contribution in [3.63, 3.8) is 0 Å². The Morgan fingerprint density at radius 3 is 2.61 bits per heavy atom. The number of carbonyl (C=O) groups excluding carboxylic acids is 2. The van der Waals surface area contributed by atoms with Crippen molar-refractivity contribution in [1.29, 1.82) is 0 Å². The van der Waals surface area contributed by atoms with Crippen molar-refractivity contribution in [2.24, 2.45) is 0 Å². The van der Waals surface area contributed by atoms with Crippen LogP contribution >= 0.6 is 23.8 Å². The van der Waals surface area contributed by atoms with E-state index < -0.39 is 11.8 Å². The monoisotopic (exact) mass is 412 g/mol. The average molecular weight is 413 g/mol. The van der Waals surface area contributed by atoms with Gasteiger partial charge in [0.1, 0.15) is 22.9 Å². The lowest BCUT2D eigenvalue weighted by Crippen LogP contribution is -2.53. The molecule has 2 amide bonds. The standard InChI is InChI=1S/C20H13ClN2O4S/c21-13-5-3-12(4-6-13)17-8-7-14(27-17)10-16-18(24)22-20(28)23(19(16)25)11-15-2-1-9-26-15/h1-10H,11H2,(H,22,24,28). The number of hydrogen-bond acceptors (Lipinski definition) is 5. The molecule has 0 saturated carbocycles. The quantitative estimate of drug-likeness (QED) is 0.398. The lowest BCUT2D eigenvalue weighted by Gasteiger charge is -2.27. The van der Waals surface area contributed by atoms with Crippen LogP contribution in [0.5, 0.6) is 0 Å². The van der Waals surface area contributed by atoms with Gasteiger partial charge in [-0.3, -0.25) is 19.8 Å². The van der Waals surface area contributed by atoms with E-state index in [2.05, 4.69) is 5.32 Å². The number of thiocarbonyl (C=S) groups is 1. The summed E-state index contributed by atoms with van der Waals surface area (Å²) >= 11 is 11.0. The van der Waals surface area contributed by atoms with Crippen molar-refractivity contribution in [3.8, 4) is 11.3 Å². The highest BCUT2D eigenvalue weighted by Crippen LogP contribution is 2.25. The Morgan fingerprint density at radius 2 is 1.89 bits per heavy atom. The number of benzene rings is 1. The first-order valence-electron chi connectivity index (χ1n) is 8.28. The fraction of sp³-hybridized carbons (Fsp3) is 0.0500. The first kappa shape index (κ1) is 18.2. The zero-order chi connectivity index (χ0) is 19.7. The number of amides is 2. The van der Waals surface area contributed by atoms with Gasteiger partial charge >= 0.3 is 0 Å². The Hall–Kier alpha value is -3.16. The summed E-state index contributed by atoms with van der Waals surface area (Å²) in [5.41, 5.74) is 0.756. The molecule has 1 aromatic carbocycles. The van der Waals surface area contributed by atoms with E-state index in [1.807, 2.05) is 12.1 Å². The summed E-state index contributed by atoms with van der Waals surface area (Å²) in [7, 11) is 0. The number of carbonyl (C=O) groups is 2. The Balaban J connectivity index is 1.61. The van der Waals surface area contributed by atoms with Crippen LogP contribution < -0.4 is 5.32 Å². The number of nitrogens with zero attached hydrogens (tertiary/aromatic N) is 1. The van der Waals surface area contributed by atoms with Gasteiger partial charge in [-0.15, -0.1) is 0 Å². The zero-order valence-corrected chi connectivity index (χ0v) is 15.9. The molecule has 0 atom stereocenters. The van der Waals surface area contributed by atoms with Crippen molar-refractivity contribution in [1.82, 2.24) is 10.2 Å². The molecule has 3 aromatic rings. The van der Waals surface area contributed by atoms with E-state index in [0.29, 0.717) is 22.3 Å². The third kappa shape index (κ3) is 3.62. The van der Waals surface area contributed by atoms with Crippen molar-refractivity contribution >= 4 is 46.8 Å². The first-order chi connectivity index (χ1) is 13.5. The summed E-state index contributed by atoms with van der Waals surface area (Å²) in [5.74, 6) is 0.420. The number of rotatable bonds is 4. The molecule has 1 fully saturated rings. The summed E-state index contributed by atoms with van der Waals surface area (Å²) in [4.78, 5) is 26.4. The van der Waals surface area contributed by atoms with Gasteiger partial charge in [0.15, 0.2) is 5.11 Å². The van der Waals surface area contributed by atoms with Crippen LogP contribution in [0.1, 0.15) is 11.5 Å². The minimum atomic E-state index is -0.574. The summed E-state index contributed by atoms with van der Waals surface area (Å²) in [6.45, 7) is 0.121. The van der Waals surface area contributed by atoms with E-state index in [1.165, 1.54) is 17.2 Å². The number of hydrogen-bond donors (Lipinski definition) is 1. The average Bonchev–Trinajstić information content (AvgIpc) is 3.35. The second-order valence-corrected chi connectivity index (χ2v) is 6.82. The predicted octanol–water partition coefficient (Wildman–Crippen LogP) is 4.02. The molecule has 140 valence electrons. The highest BCUT2D eigenvalue weighted by molar-refractivity contribution is 7.80. The van der Waals surface area contributed by atoms with Gasteiger partial charge in [0.2, 0.25) is 0 Å². The van der Waals surface area contributed by atoms with Crippen LogP contribution in [-0.4, -0.2) is 21.8 Å². The summed E-state index contributed by atoms with van der Waals surface area (Å²) in [6.07, 6.45) is 2.90. The lowest BCUT2D eigenvalue weighted by molar-refractivity contribution is -0.129. The molecule has 1 aliphatic heterocycles. The van der Waals surface area contributed by atoms with Crippen molar-refractivity contribution in [3.05, 3.63) is 76.9 Å². The number of halogens is 1. The SMILES string of the molecule is O=C1NC(=S)N(Cc2ccco2)C(=O)C1=Cc1ccc(-c2ccc(Cl)cc2)o1. The maximum atomic E-state index is 12.8. The Kier molecular flexibility index (Phi) is 4.85. The second kappa shape index (κ2) is 7.46. The molecule has 0 bridgehead atoms. The van der Waals surface area contributed by atoms with Gasteiger partial charge in [0.25, 0.3) is 11.8 Å². The normalized spacial score (nSPS) is 16.0. The van der Waals surface area contributed by atoms with Crippen LogP contribution in [0.4, 0.5) is 0 Å². The molecule has 8 heteroatoms. The summed E-state index contributed by atoms with van der Waals surface area (Å²) in [6, 6.07) is 14.0. The molecule has 4 rings (SSSR count). The van der Waals surface area contributed by atoms with Gasteiger partial charge < -0.3 is 8.83 Å². The second-order valence-electron chi connectivity index (χ2n) is 6.00. The molecule has 2 aromatic heterocycles. The summed E-state index contributed by atoms with van der Waals surface area (Å²) in [5, 5.41) is 3.17. The van der Waals surface area contributed by atoms with Gasteiger partial charge in [-0.1, -0.05) is 11.6 Å². The fourth-order valence-electron chi connectivity index (χ4n) is 2.74. The topological polar surface area (TPSA) is 75.7 Å². The van der Waals surface area contributed by atoms with Crippen molar-refractivity contribution < 1.29 is 18.4 Å². The van der Waals surface area contributed by atoms with Crippen LogP contribution in [0.2, 0.25) is 5.02 Å². The van der Waals surface area contributed by atoms with E-state index in [1.54, 1.807) is 36.4 Å². The highest BCUT2D eigenvalue weighted by Gasteiger charge is 2.34. The summed E-state index contributed by atoms with van der Waals surface area (Å²) < 4.78 is 11.0. The van der Waals surface area contributed by atoms with E-state index in [4.69, 9.17) is 32.7 Å². The lowest BCUT2D eigenvalue weighted by atomic mass is 10.1. The number of furan rings is 2. The predicted molar refractivity (Wildman–Crippen MR) is 107 cm³/mol. The van der Waals surface area contributed by atoms with Crippen LogP contribution in [0.25, 0.3) is 17.4 Å².